The Hall–Kier alpha value is -0.600. The molecule has 0 spiro atoms. The third-order valence-corrected chi connectivity index (χ3v) is 2.43. The molecule has 5 heteroatoms. The van der Waals surface area contributed by atoms with Crippen LogP contribution in [0.4, 0.5) is 13.2 Å². The van der Waals surface area contributed by atoms with Gasteiger partial charge in [-0.05, 0) is 18.2 Å². The first kappa shape index (κ1) is 12.5. The van der Waals surface area contributed by atoms with Gasteiger partial charge in [0.2, 0.25) is 0 Å². The van der Waals surface area contributed by atoms with E-state index in [2.05, 4.69) is 40.4 Å². The Morgan fingerprint density at radius 1 is 1.33 bits per heavy atom. The van der Waals surface area contributed by atoms with Gasteiger partial charge < -0.3 is 0 Å². The van der Waals surface area contributed by atoms with Gasteiger partial charge in [-0.15, -0.1) is 0 Å². The van der Waals surface area contributed by atoms with Crippen LogP contribution in [0.3, 0.4) is 0 Å². The molecule has 1 rings (SSSR count). The fourth-order valence-corrected chi connectivity index (χ4v) is 1.51. The summed E-state index contributed by atoms with van der Waals surface area (Å²) in [4.78, 5) is 0. The van der Waals surface area contributed by atoms with E-state index in [1.165, 1.54) is 12.1 Å². The Bertz CT molecular complexity index is 415. The topological polar surface area (TPSA) is 0 Å². The van der Waals surface area contributed by atoms with Crippen molar-refractivity contribution in [1.82, 2.24) is 0 Å². The molecule has 0 saturated heterocycles. The first-order valence-electron chi connectivity index (χ1n) is 3.91. The minimum atomic E-state index is -4.36. The predicted molar refractivity (Wildman–Crippen MR) is 59.9 cm³/mol. The molecule has 1 aromatic carbocycles. The molecule has 0 unspecified atom stereocenters. The van der Waals surface area contributed by atoms with Gasteiger partial charge in [-0.25, -0.2) is 0 Å². The van der Waals surface area contributed by atoms with Crippen molar-refractivity contribution in [3.63, 3.8) is 0 Å². The predicted octanol–water partition coefficient (Wildman–Crippen LogP) is 3.75. The molecule has 15 heavy (non-hydrogen) atoms. The molecule has 0 saturated carbocycles. The molecule has 0 amide bonds. The van der Waals surface area contributed by atoms with Crippen LogP contribution in [-0.2, 0) is 6.18 Å². The van der Waals surface area contributed by atoms with E-state index in [-0.39, 0.29) is 4.47 Å². The molecule has 0 nitrogen and oxygen atoms in total. The van der Waals surface area contributed by atoms with Crippen LogP contribution in [0.25, 0.3) is 0 Å². The molecule has 0 atom stereocenters. The first-order chi connectivity index (χ1) is 6.95. The van der Waals surface area contributed by atoms with Crippen LogP contribution in [-0.4, -0.2) is 5.75 Å². The quantitative estimate of drug-likeness (QED) is 0.547. The number of thiol groups is 1. The second-order valence-corrected chi connectivity index (χ2v) is 3.82. The van der Waals surface area contributed by atoms with Crippen molar-refractivity contribution >= 4 is 28.6 Å². The van der Waals surface area contributed by atoms with Gasteiger partial charge in [0.25, 0.3) is 0 Å². The van der Waals surface area contributed by atoms with Gasteiger partial charge in [-0.3, -0.25) is 0 Å². The average Bonchev–Trinajstić information content (AvgIpc) is 2.15. The van der Waals surface area contributed by atoms with Gasteiger partial charge in [0.05, 0.1) is 11.3 Å². The Kier molecular flexibility index (Phi) is 4.12. The molecular weight excluding hydrogens is 289 g/mol. The second kappa shape index (κ2) is 4.95. The molecule has 0 fully saturated rings. The lowest BCUT2D eigenvalue weighted by molar-refractivity contribution is -0.138. The average molecular weight is 295 g/mol. The highest BCUT2D eigenvalue weighted by atomic mass is 79.9. The van der Waals surface area contributed by atoms with Crippen molar-refractivity contribution in [1.29, 1.82) is 0 Å². The van der Waals surface area contributed by atoms with Crippen LogP contribution < -0.4 is 0 Å². The number of rotatable bonds is 0. The summed E-state index contributed by atoms with van der Waals surface area (Å²) in [5.41, 5.74) is -0.381. The van der Waals surface area contributed by atoms with Crippen LogP contribution in [0.5, 0.6) is 0 Å². The summed E-state index contributed by atoms with van der Waals surface area (Å²) in [6.07, 6.45) is -4.36. The fourth-order valence-electron chi connectivity index (χ4n) is 0.962. The van der Waals surface area contributed by atoms with E-state index in [0.29, 0.717) is 11.3 Å². The summed E-state index contributed by atoms with van der Waals surface area (Å²) in [6.45, 7) is 0. The third-order valence-electron chi connectivity index (χ3n) is 1.58. The maximum atomic E-state index is 12.5. The normalized spacial score (nSPS) is 10.7. The van der Waals surface area contributed by atoms with Crippen LogP contribution >= 0.6 is 28.6 Å². The van der Waals surface area contributed by atoms with Crippen molar-refractivity contribution < 1.29 is 13.2 Å². The monoisotopic (exact) mass is 294 g/mol. The summed E-state index contributed by atoms with van der Waals surface area (Å²) in [6, 6.07) is 3.88. The first-order valence-corrected chi connectivity index (χ1v) is 5.34. The lowest BCUT2D eigenvalue weighted by Crippen LogP contribution is -2.06. The van der Waals surface area contributed by atoms with Crippen molar-refractivity contribution in [2.75, 3.05) is 5.75 Å². The molecule has 0 N–H and O–H groups in total. The van der Waals surface area contributed by atoms with Gasteiger partial charge in [0.1, 0.15) is 0 Å². The van der Waals surface area contributed by atoms with E-state index in [1.54, 1.807) is 0 Å². The summed E-state index contributed by atoms with van der Waals surface area (Å²) in [5, 5.41) is 0. The summed E-state index contributed by atoms with van der Waals surface area (Å²) >= 11 is 6.70. The van der Waals surface area contributed by atoms with E-state index in [1.807, 2.05) is 0 Å². The summed E-state index contributed by atoms with van der Waals surface area (Å²) in [7, 11) is 0. The highest BCUT2D eigenvalue weighted by Crippen LogP contribution is 2.35. The van der Waals surface area contributed by atoms with Gasteiger partial charge >= 0.3 is 6.18 Å². The van der Waals surface area contributed by atoms with Crippen molar-refractivity contribution in [3.05, 3.63) is 33.8 Å². The number of benzene rings is 1. The zero-order valence-electron chi connectivity index (χ0n) is 7.40. The van der Waals surface area contributed by atoms with Gasteiger partial charge in [-0.2, -0.15) is 25.8 Å². The Balaban J connectivity index is 3.17. The van der Waals surface area contributed by atoms with Crippen molar-refractivity contribution in [2.24, 2.45) is 0 Å². The number of hydrogen-bond donors (Lipinski definition) is 1. The van der Waals surface area contributed by atoms with Crippen LogP contribution in [0.2, 0.25) is 0 Å². The Morgan fingerprint density at radius 3 is 2.53 bits per heavy atom. The maximum absolute atomic E-state index is 12.5. The molecule has 0 radical (unpaired) electrons. The van der Waals surface area contributed by atoms with Crippen LogP contribution in [0.1, 0.15) is 11.1 Å². The van der Waals surface area contributed by atoms with Gasteiger partial charge in [0.15, 0.2) is 0 Å². The van der Waals surface area contributed by atoms with Gasteiger partial charge in [0, 0.05) is 10.0 Å². The molecule has 1 aromatic rings. The molecule has 0 aliphatic rings. The lowest BCUT2D eigenvalue weighted by Gasteiger charge is -2.08. The Labute approximate surface area is 99.4 Å². The minimum Gasteiger partial charge on any atom is -0.166 e. The molecule has 0 aromatic heterocycles. The van der Waals surface area contributed by atoms with E-state index >= 15 is 0 Å². The highest BCUT2D eigenvalue weighted by Gasteiger charge is 2.32. The van der Waals surface area contributed by atoms with Crippen molar-refractivity contribution in [3.8, 4) is 11.8 Å². The molecule has 80 valence electrons. The molecule has 0 aliphatic carbocycles. The maximum Gasteiger partial charge on any atom is 0.417 e. The summed E-state index contributed by atoms with van der Waals surface area (Å²) in [5.74, 6) is 5.50. The largest absolute Gasteiger partial charge is 0.417 e. The molecule has 0 bridgehead atoms. The summed E-state index contributed by atoms with van der Waals surface area (Å²) < 4.78 is 37.4. The lowest BCUT2D eigenvalue weighted by atomic mass is 10.1. The van der Waals surface area contributed by atoms with E-state index in [4.69, 9.17) is 0 Å². The fraction of sp³-hybridized carbons (Fsp3) is 0.200. The Morgan fingerprint density at radius 2 is 2.00 bits per heavy atom. The van der Waals surface area contributed by atoms with E-state index in [0.717, 1.165) is 6.07 Å². The molecular formula is C10H6BrF3S. The number of hydrogen-bond acceptors (Lipinski definition) is 1. The van der Waals surface area contributed by atoms with E-state index < -0.39 is 11.7 Å². The molecule has 0 aliphatic heterocycles. The minimum absolute atomic E-state index is 0.0198. The second-order valence-electron chi connectivity index (χ2n) is 2.65. The number of halogens is 4. The molecule has 0 heterocycles. The zero-order chi connectivity index (χ0) is 11.5. The zero-order valence-corrected chi connectivity index (χ0v) is 9.88. The standard InChI is InChI=1S/C10H6BrF3S/c11-9-4-3-7(2-1-5-15)6-8(9)10(12,13)14/h3-4,6,15H,5H2. The van der Waals surface area contributed by atoms with Crippen molar-refractivity contribution in [2.45, 2.75) is 6.18 Å². The number of alkyl halides is 3. The third kappa shape index (κ3) is 3.47. The van der Waals surface area contributed by atoms with Gasteiger partial charge in [-0.1, -0.05) is 27.8 Å². The van der Waals surface area contributed by atoms with Crippen LogP contribution in [0, 0.1) is 11.8 Å². The van der Waals surface area contributed by atoms with E-state index in [9.17, 15) is 13.2 Å². The smallest absolute Gasteiger partial charge is 0.166 e. The highest BCUT2D eigenvalue weighted by molar-refractivity contribution is 9.10. The van der Waals surface area contributed by atoms with Crippen LogP contribution in [0.15, 0.2) is 22.7 Å². The SMILES string of the molecule is FC(F)(F)c1cc(C#CCS)ccc1Br.